The Kier molecular flexibility index (Phi) is 6.88. The number of carbonyl (C=O) groups is 2. The average molecular weight is 338 g/mol. The van der Waals surface area contributed by atoms with Crippen molar-refractivity contribution in [3.05, 3.63) is 23.8 Å². The number of amides is 2. The highest BCUT2D eigenvalue weighted by Crippen LogP contribution is 2.27. The number of rotatable bonds is 6. The molecule has 0 saturated heterocycles. The van der Waals surface area contributed by atoms with Gasteiger partial charge in [-0.3, -0.25) is 4.79 Å². The van der Waals surface area contributed by atoms with E-state index in [4.69, 9.17) is 14.2 Å². The summed E-state index contributed by atoms with van der Waals surface area (Å²) < 4.78 is 15.6. The lowest BCUT2D eigenvalue weighted by Crippen LogP contribution is -2.40. The fraction of sp³-hybridized carbons (Fsp3) is 0.529. The monoisotopic (exact) mass is 338 g/mol. The first-order valence-electron chi connectivity index (χ1n) is 7.58. The number of carbonyl (C=O) groups excluding carboxylic acids is 2. The second kappa shape index (κ2) is 8.42. The summed E-state index contributed by atoms with van der Waals surface area (Å²) in [5, 5.41) is 2.75. The maximum absolute atomic E-state index is 12.0. The molecule has 0 spiro atoms. The molecule has 0 heterocycles. The first-order valence-corrected chi connectivity index (χ1v) is 7.58. The van der Waals surface area contributed by atoms with Gasteiger partial charge < -0.3 is 24.4 Å². The van der Waals surface area contributed by atoms with Crippen molar-refractivity contribution in [3.63, 3.8) is 0 Å². The van der Waals surface area contributed by atoms with E-state index < -0.39 is 11.7 Å². The summed E-state index contributed by atoms with van der Waals surface area (Å²) in [6.45, 7) is 5.56. The van der Waals surface area contributed by atoms with Crippen LogP contribution in [0, 0.1) is 0 Å². The summed E-state index contributed by atoms with van der Waals surface area (Å²) in [7, 11) is 4.63. The molecule has 0 fully saturated rings. The molecule has 0 bridgehead atoms. The number of nitrogens with one attached hydrogen (secondary N) is 1. The summed E-state index contributed by atoms with van der Waals surface area (Å²) in [6.07, 6.45) is -0.538. The van der Waals surface area contributed by atoms with Gasteiger partial charge in [0.25, 0.3) is 0 Å². The van der Waals surface area contributed by atoms with E-state index in [0.717, 1.165) is 5.56 Å². The van der Waals surface area contributed by atoms with Gasteiger partial charge in [-0.15, -0.1) is 0 Å². The molecule has 0 unspecified atom stereocenters. The normalized spacial score (nSPS) is 10.8. The highest BCUT2D eigenvalue weighted by atomic mass is 16.6. The van der Waals surface area contributed by atoms with Gasteiger partial charge in [0, 0.05) is 13.6 Å². The zero-order valence-corrected chi connectivity index (χ0v) is 15.1. The van der Waals surface area contributed by atoms with Gasteiger partial charge >= 0.3 is 6.09 Å². The number of methoxy groups -OCH3 is 2. The van der Waals surface area contributed by atoms with E-state index >= 15 is 0 Å². The van der Waals surface area contributed by atoms with Gasteiger partial charge in [0.1, 0.15) is 12.1 Å². The van der Waals surface area contributed by atoms with Crippen molar-refractivity contribution in [2.75, 3.05) is 27.8 Å². The van der Waals surface area contributed by atoms with E-state index in [0.29, 0.717) is 18.0 Å². The number of hydrogen-bond acceptors (Lipinski definition) is 5. The van der Waals surface area contributed by atoms with Crippen LogP contribution in [0.15, 0.2) is 18.2 Å². The maximum Gasteiger partial charge on any atom is 0.410 e. The minimum absolute atomic E-state index is 0.0811. The number of likely N-dealkylation sites (N-methyl/N-ethyl adjacent to an activating group) is 1. The van der Waals surface area contributed by atoms with Crippen molar-refractivity contribution in [3.8, 4) is 11.5 Å². The third-order valence-corrected chi connectivity index (χ3v) is 3.02. The topological polar surface area (TPSA) is 77.1 Å². The molecule has 0 atom stereocenters. The van der Waals surface area contributed by atoms with E-state index in [2.05, 4.69) is 5.32 Å². The van der Waals surface area contributed by atoms with Crippen LogP contribution in [-0.4, -0.2) is 50.3 Å². The standard InChI is InChI=1S/C17H26N2O5/c1-17(2,3)24-16(21)19(4)11-15(20)18-10-12-7-8-13(22-5)14(9-12)23-6/h7-9H,10-11H2,1-6H3,(H,18,20). The number of benzene rings is 1. The molecule has 0 aliphatic heterocycles. The summed E-state index contributed by atoms with van der Waals surface area (Å²) in [5.41, 5.74) is 0.266. The Morgan fingerprint density at radius 3 is 2.29 bits per heavy atom. The summed E-state index contributed by atoms with van der Waals surface area (Å²) >= 11 is 0. The molecule has 0 radical (unpaired) electrons. The Labute approximate surface area is 142 Å². The van der Waals surface area contributed by atoms with Gasteiger partial charge in [-0.05, 0) is 38.5 Å². The van der Waals surface area contributed by atoms with E-state index in [1.807, 2.05) is 6.07 Å². The van der Waals surface area contributed by atoms with Crippen LogP contribution < -0.4 is 14.8 Å². The molecule has 0 aromatic heterocycles. The second-order valence-electron chi connectivity index (χ2n) is 6.30. The number of ether oxygens (including phenoxy) is 3. The summed E-state index contributed by atoms with van der Waals surface area (Å²) in [4.78, 5) is 25.0. The fourth-order valence-corrected chi connectivity index (χ4v) is 1.87. The van der Waals surface area contributed by atoms with Crippen LogP contribution in [0.2, 0.25) is 0 Å². The van der Waals surface area contributed by atoms with E-state index in [-0.39, 0.29) is 12.5 Å². The quantitative estimate of drug-likeness (QED) is 0.860. The minimum atomic E-state index is -0.596. The molecule has 1 N–H and O–H groups in total. The smallest absolute Gasteiger partial charge is 0.410 e. The van der Waals surface area contributed by atoms with Crippen molar-refractivity contribution in [2.45, 2.75) is 32.9 Å². The van der Waals surface area contributed by atoms with Gasteiger partial charge in [0.15, 0.2) is 11.5 Å². The molecule has 0 aliphatic rings. The lowest BCUT2D eigenvalue weighted by molar-refractivity contribution is -0.122. The van der Waals surface area contributed by atoms with Crippen molar-refractivity contribution in [2.24, 2.45) is 0 Å². The highest BCUT2D eigenvalue weighted by molar-refractivity contribution is 5.82. The third-order valence-electron chi connectivity index (χ3n) is 3.02. The Bertz CT molecular complexity index is 581. The van der Waals surface area contributed by atoms with Crippen molar-refractivity contribution >= 4 is 12.0 Å². The first kappa shape index (κ1) is 19.6. The van der Waals surface area contributed by atoms with Crippen LogP contribution in [0.5, 0.6) is 11.5 Å². The van der Waals surface area contributed by atoms with Gasteiger partial charge in [-0.1, -0.05) is 6.07 Å². The molecule has 7 heteroatoms. The SMILES string of the molecule is COc1ccc(CNC(=O)CN(C)C(=O)OC(C)(C)C)cc1OC. The predicted molar refractivity (Wildman–Crippen MR) is 90.3 cm³/mol. The summed E-state index contributed by atoms with van der Waals surface area (Å²) in [5.74, 6) is 0.936. The molecule has 1 rings (SSSR count). The van der Waals surface area contributed by atoms with Gasteiger partial charge in [-0.25, -0.2) is 4.79 Å². The van der Waals surface area contributed by atoms with Crippen molar-refractivity contribution < 1.29 is 23.8 Å². The lowest BCUT2D eigenvalue weighted by Gasteiger charge is -2.24. The largest absolute Gasteiger partial charge is 0.493 e. The molecule has 7 nitrogen and oxygen atoms in total. The van der Waals surface area contributed by atoms with E-state index in [9.17, 15) is 9.59 Å². The van der Waals surface area contributed by atoms with Crippen LogP contribution in [-0.2, 0) is 16.1 Å². The van der Waals surface area contributed by atoms with Crippen LogP contribution in [0.1, 0.15) is 26.3 Å². The Morgan fingerprint density at radius 1 is 1.12 bits per heavy atom. The third kappa shape index (κ3) is 6.36. The van der Waals surface area contributed by atoms with Crippen LogP contribution in [0.4, 0.5) is 4.79 Å². The predicted octanol–water partition coefficient (Wildman–Crippen LogP) is 2.19. The number of hydrogen-bond donors (Lipinski definition) is 1. The molecule has 24 heavy (non-hydrogen) atoms. The molecule has 134 valence electrons. The van der Waals surface area contributed by atoms with Gasteiger partial charge in [0.05, 0.1) is 14.2 Å². The van der Waals surface area contributed by atoms with E-state index in [1.165, 1.54) is 11.9 Å². The van der Waals surface area contributed by atoms with Crippen LogP contribution in [0.25, 0.3) is 0 Å². The molecule has 1 aromatic rings. The molecular formula is C17H26N2O5. The molecule has 1 aromatic carbocycles. The van der Waals surface area contributed by atoms with Crippen molar-refractivity contribution in [1.82, 2.24) is 10.2 Å². The van der Waals surface area contributed by atoms with Gasteiger partial charge in [-0.2, -0.15) is 0 Å². The van der Waals surface area contributed by atoms with E-state index in [1.54, 1.807) is 47.1 Å². The Balaban J connectivity index is 2.53. The maximum atomic E-state index is 12.0. The lowest BCUT2D eigenvalue weighted by atomic mass is 10.2. The summed E-state index contributed by atoms with van der Waals surface area (Å²) in [6, 6.07) is 5.39. The van der Waals surface area contributed by atoms with Crippen LogP contribution in [0.3, 0.4) is 0 Å². The fourth-order valence-electron chi connectivity index (χ4n) is 1.87. The highest BCUT2D eigenvalue weighted by Gasteiger charge is 2.21. The average Bonchev–Trinajstić information content (AvgIpc) is 2.50. The van der Waals surface area contributed by atoms with Crippen molar-refractivity contribution in [1.29, 1.82) is 0 Å². The Morgan fingerprint density at radius 2 is 1.75 bits per heavy atom. The minimum Gasteiger partial charge on any atom is -0.493 e. The molecule has 2 amide bonds. The molecular weight excluding hydrogens is 312 g/mol. The van der Waals surface area contributed by atoms with Gasteiger partial charge in [0.2, 0.25) is 5.91 Å². The molecule has 0 aliphatic carbocycles. The zero-order valence-electron chi connectivity index (χ0n) is 15.1. The zero-order chi connectivity index (χ0) is 18.3. The number of nitrogens with zero attached hydrogens (tertiary/aromatic N) is 1. The molecule has 0 saturated carbocycles. The first-order chi connectivity index (χ1) is 11.2. The second-order valence-corrected chi connectivity index (χ2v) is 6.30. The Hall–Kier alpha value is -2.44. The van der Waals surface area contributed by atoms with Crippen LogP contribution >= 0.6 is 0 Å².